The number of imidazole rings is 1. The molecule has 4 aromatic rings. The van der Waals surface area contributed by atoms with Gasteiger partial charge in [-0.05, 0) is 86.6 Å². The van der Waals surface area contributed by atoms with Crippen LogP contribution in [-0.4, -0.2) is 92.1 Å². The quantitative estimate of drug-likeness (QED) is 0.0667. The second-order valence-electron chi connectivity index (χ2n) is 17.5. The van der Waals surface area contributed by atoms with Gasteiger partial charge in [-0.1, -0.05) is 57.4 Å². The van der Waals surface area contributed by atoms with Gasteiger partial charge < -0.3 is 19.4 Å². The SMILES string of the molecule is Cc1cc(-c2ccc3nc(C4CCN(C(=O)CCCCCCCCCCCCNc5ccc6c(c5)C(=O)N(C5CCC(=O)NC5=O)C6=O)CC4)n(CCOC(F)(F)F)c3c2)cn(C)c1=O. The minimum atomic E-state index is -4.75. The van der Waals surface area contributed by atoms with E-state index in [2.05, 4.69) is 15.4 Å². The molecule has 7 rings (SSSR count). The van der Waals surface area contributed by atoms with Crippen LogP contribution in [0.4, 0.5) is 18.9 Å². The molecule has 14 nitrogen and oxygen atoms in total. The maximum absolute atomic E-state index is 13.2. The first-order valence-corrected chi connectivity index (χ1v) is 22.9. The number of nitrogens with zero attached hydrogens (tertiary/aromatic N) is 5. The number of hydrogen-bond acceptors (Lipinski definition) is 9. The Morgan fingerprint density at radius 2 is 1.51 bits per heavy atom. The fourth-order valence-electron chi connectivity index (χ4n) is 9.33. The zero-order valence-corrected chi connectivity index (χ0v) is 37.1. The molecule has 3 aliphatic heterocycles. The maximum Gasteiger partial charge on any atom is 0.522 e. The molecule has 2 aromatic heterocycles. The Labute approximate surface area is 375 Å². The van der Waals surface area contributed by atoms with Gasteiger partial charge in [0.2, 0.25) is 17.7 Å². The number of amides is 5. The van der Waals surface area contributed by atoms with E-state index in [1.165, 1.54) is 4.57 Å². The van der Waals surface area contributed by atoms with E-state index >= 15 is 0 Å². The predicted octanol–water partition coefficient (Wildman–Crippen LogP) is 7.76. The van der Waals surface area contributed by atoms with E-state index < -0.39 is 42.6 Å². The first-order valence-electron chi connectivity index (χ1n) is 22.9. The highest BCUT2D eigenvalue weighted by molar-refractivity contribution is 6.23. The first kappa shape index (κ1) is 47.1. The van der Waals surface area contributed by atoms with Crippen LogP contribution in [0.1, 0.15) is 134 Å². The molecule has 348 valence electrons. The topological polar surface area (TPSA) is 165 Å². The van der Waals surface area contributed by atoms with Crippen molar-refractivity contribution in [2.24, 2.45) is 7.05 Å². The van der Waals surface area contributed by atoms with Crippen molar-refractivity contribution in [3.05, 3.63) is 81.5 Å². The Hall–Kier alpha value is -5.84. The smallest absolute Gasteiger partial charge is 0.385 e. The number of unbranched alkanes of at least 4 members (excludes halogenated alkanes) is 9. The number of hydrogen-bond donors (Lipinski definition) is 2. The number of rotatable bonds is 20. The fraction of sp³-hybridized carbons (Fsp3) is 0.521. The summed E-state index contributed by atoms with van der Waals surface area (Å²) in [7, 11) is 1.68. The molecule has 0 aliphatic carbocycles. The molecule has 2 saturated heterocycles. The molecule has 5 heterocycles. The van der Waals surface area contributed by atoms with Crippen LogP contribution >= 0.6 is 0 Å². The first-order chi connectivity index (χ1) is 31.2. The van der Waals surface area contributed by atoms with Crippen molar-refractivity contribution in [3.63, 3.8) is 0 Å². The van der Waals surface area contributed by atoms with E-state index in [-0.39, 0.29) is 47.9 Å². The monoisotopic (exact) mass is 901 g/mol. The number of benzene rings is 2. The highest BCUT2D eigenvalue weighted by Crippen LogP contribution is 2.34. The maximum atomic E-state index is 13.2. The second-order valence-corrected chi connectivity index (χ2v) is 17.5. The number of piperidine rings is 2. The van der Waals surface area contributed by atoms with Crippen molar-refractivity contribution in [1.29, 1.82) is 0 Å². The molecule has 0 saturated carbocycles. The van der Waals surface area contributed by atoms with Crippen LogP contribution in [-0.2, 0) is 32.7 Å². The van der Waals surface area contributed by atoms with Crippen LogP contribution in [0.2, 0.25) is 0 Å². The molecule has 0 spiro atoms. The number of carbonyl (C=O) groups is 5. The van der Waals surface area contributed by atoms with E-state index in [0.29, 0.717) is 54.8 Å². The Balaban J connectivity index is 0.768. The number of halogens is 3. The molecule has 17 heteroatoms. The summed E-state index contributed by atoms with van der Waals surface area (Å²) in [5.74, 6) is -1.26. The van der Waals surface area contributed by atoms with Crippen LogP contribution in [0.3, 0.4) is 0 Å². The molecule has 1 unspecified atom stereocenters. The fourth-order valence-corrected chi connectivity index (χ4v) is 9.33. The Bertz CT molecular complexity index is 2450. The van der Waals surface area contributed by atoms with Gasteiger partial charge in [0, 0.05) is 69.4 Å². The molecule has 0 radical (unpaired) electrons. The van der Waals surface area contributed by atoms with Gasteiger partial charge in [-0.15, -0.1) is 13.2 Å². The highest BCUT2D eigenvalue weighted by Gasteiger charge is 2.44. The number of imide groups is 2. The molecule has 2 aromatic carbocycles. The van der Waals surface area contributed by atoms with Crippen molar-refractivity contribution < 1.29 is 41.9 Å². The molecule has 2 fully saturated rings. The summed E-state index contributed by atoms with van der Waals surface area (Å²) in [6, 6.07) is 11.5. The van der Waals surface area contributed by atoms with Gasteiger partial charge in [-0.2, -0.15) is 0 Å². The van der Waals surface area contributed by atoms with Gasteiger partial charge >= 0.3 is 6.36 Å². The lowest BCUT2D eigenvalue weighted by atomic mass is 9.95. The standard InChI is InChI=1S/C48H58F3N7O7/c1-31-27-34(30-55(2)45(31)62)33-14-17-38-40(28-33)57(25-26-65-48(49,50)51)43(53-38)32-20-23-56(24-21-32)42(60)13-11-9-7-5-3-4-6-8-10-12-22-52-35-15-16-36-37(29-35)47(64)58(46(36)63)39-18-19-41(59)54-44(39)61/h14-17,27-30,32,39,52H,3-13,18-26H2,1-2H3,(H,54,59,61). The summed E-state index contributed by atoms with van der Waals surface area (Å²) in [6.45, 7) is 3.00. The van der Waals surface area contributed by atoms with Crippen LogP contribution in [0.25, 0.3) is 22.2 Å². The molecule has 1 atom stereocenters. The molecule has 3 aliphatic rings. The Morgan fingerprint density at radius 1 is 0.831 bits per heavy atom. The predicted molar refractivity (Wildman–Crippen MR) is 238 cm³/mol. The lowest BCUT2D eigenvalue weighted by Crippen LogP contribution is -2.54. The lowest BCUT2D eigenvalue weighted by Gasteiger charge is -2.32. The van der Waals surface area contributed by atoms with Crippen molar-refractivity contribution in [2.45, 2.75) is 128 Å². The van der Waals surface area contributed by atoms with Gasteiger partial charge in [0.1, 0.15) is 11.9 Å². The summed E-state index contributed by atoms with van der Waals surface area (Å²) < 4.78 is 46.5. The van der Waals surface area contributed by atoms with Gasteiger partial charge in [0.15, 0.2) is 0 Å². The van der Waals surface area contributed by atoms with E-state index in [1.54, 1.807) is 44.4 Å². The van der Waals surface area contributed by atoms with E-state index in [0.717, 1.165) is 92.5 Å². The summed E-state index contributed by atoms with van der Waals surface area (Å²) in [5.41, 5.74) is 4.74. The van der Waals surface area contributed by atoms with Gasteiger partial charge in [0.05, 0.1) is 28.8 Å². The van der Waals surface area contributed by atoms with Crippen molar-refractivity contribution >= 4 is 46.3 Å². The summed E-state index contributed by atoms with van der Waals surface area (Å²) in [4.78, 5) is 83.1. The van der Waals surface area contributed by atoms with Crippen molar-refractivity contribution in [1.82, 2.24) is 29.2 Å². The Morgan fingerprint density at radius 3 is 2.18 bits per heavy atom. The van der Waals surface area contributed by atoms with E-state index in [1.807, 2.05) is 27.7 Å². The van der Waals surface area contributed by atoms with E-state index in [9.17, 15) is 41.9 Å². The highest BCUT2D eigenvalue weighted by atomic mass is 19.4. The number of fused-ring (bicyclic) bond motifs is 2. The molecular formula is C48H58F3N7O7. The summed E-state index contributed by atoms with van der Waals surface area (Å²) >= 11 is 0. The second kappa shape index (κ2) is 21.0. The molecule has 2 N–H and O–H groups in total. The molecule has 5 amide bonds. The van der Waals surface area contributed by atoms with Gasteiger partial charge in [0.25, 0.3) is 17.4 Å². The third-order valence-electron chi connectivity index (χ3n) is 12.9. The third kappa shape index (κ3) is 11.5. The van der Waals surface area contributed by atoms with Gasteiger partial charge in [-0.3, -0.25) is 43.7 Å². The largest absolute Gasteiger partial charge is 0.522 e. The van der Waals surface area contributed by atoms with Crippen LogP contribution < -0.4 is 16.2 Å². The Kier molecular flexibility index (Phi) is 15.2. The zero-order chi connectivity index (χ0) is 46.3. The number of aryl methyl sites for hydroxylation is 2. The molecular weight excluding hydrogens is 844 g/mol. The number of nitrogens with one attached hydrogen (secondary N) is 2. The minimum Gasteiger partial charge on any atom is -0.385 e. The summed E-state index contributed by atoms with van der Waals surface area (Å²) in [6.07, 6.45) is 9.66. The number of likely N-dealkylation sites (tertiary alicyclic amines) is 1. The van der Waals surface area contributed by atoms with Crippen LogP contribution in [0.15, 0.2) is 53.5 Å². The third-order valence-corrected chi connectivity index (χ3v) is 12.9. The van der Waals surface area contributed by atoms with Crippen LogP contribution in [0.5, 0.6) is 0 Å². The van der Waals surface area contributed by atoms with Crippen molar-refractivity contribution in [2.75, 3.05) is 31.6 Å². The number of anilines is 1. The summed E-state index contributed by atoms with van der Waals surface area (Å²) in [5, 5.41) is 5.55. The number of aromatic nitrogens is 3. The average molecular weight is 902 g/mol. The average Bonchev–Trinajstić information content (AvgIpc) is 3.76. The number of alkyl halides is 3. The number of pyridine rings is 1. The van der Waals surface area contributed by atoms with Gasteiger partial charge in [-0.25, -0.2) is 4.98 Å². The number of ether oxygens (including phenoxy) is 1. The lowest BCUT2D eigenvalue weighted by molar-refractivity contribution is -0.325. The molecule has 0 bridgehead atoms. The normalized spacial score (nSPS) is 17.0. The van der Waals surface area contributed by atoms with Crippen molar-refractivity contribution in [3.8, 4) is 11.1 Å². The van der Waals surface area contributed by atoms with Crippen LogP contribution in [0, 0.1) is 6.92 Å². The zero-order valence-electron chi connectivity index (χ0n) is 37.1. The number of carbonyl (C=O) groups excluding carboxylic acids is 5. The molecule has 65 heavy (non-hydrogen) atoms. The van der Waals surface area contributed by atoms with E-state index in [4.69, 9.17) is 4.98 Å². The minimum absolute atomic E-state index is 0.0298.